The highest BCUT2D eigenvalue weighted by Gasteiger charge is 2.24. The number of nitrogens with zero attached hydrogens (tertiary/aromatic N) is 4. The summed E-state index contributed by atoms with van der Waals surface area (Å²) in [7, 11) is 1.79. The fraction of sp³-hybridized carbons (Fsp3) is 0.478. The molecule has 7 nitrogen and oxygen atoms in total. The zero-order valence-corrected chi connectivity index (χ0v) is 18.4. The summed E-state index contributed by atoms with van der Waals surface area (Å²) in [4.78, 5) is 0. The van der Waals surface area contributed by atoms with E-state index in [1.807, 2.05) is 19.9 Å². The summed E-state index contributed by atoms with van der Waals surface area (Å²) < 4.78 is 30.8. The highest BCUT2D eigenvalue weighted by Crippen LogP contribution is 2.37. The number of likely N-dealkylation sites (N-methyl/N-ethyl adjacent to an activating group) is 1. The molecule has 2 aromatic heterocycles. The number of benzene rings is 1. The first kappa shape index (κ1) is 21.5. The maximum atomic E-state index is 15.4. The first-order chi connectivity index (χ1) is 15.0. The van der Waals surface area contributed by atoms with Crippen molar-refractivity contribution in [1.82, 2.24) is 24.9 Å². The lowest BCUT2D eigenvalue weighted by molar-refractivity contribution is -0.0367. The minimum absolute atomic E-state index is 0.0872. The van der Waals surface area contributed by atoms with E-state index in [1.165, 1.54) is 6.07 Å². The molecule has 3 heterocycles. The van der Waals surface area contributed by atoms with Crippen molar-refractivity contribution in [2.45, 2.75) is 45.4 Å². The lowest BCUT2D eigenvalue weighted by Crippen LogP contribution is -2.29. The van der Waals surface area contributed by atoms with E-state index in [1.54, 1.807) is 28.7 Å². The number of ether oxygens (including phenoxy) is 2. The van der Waals surface area contributed by atoms with E-state index in [2.05, 4.69) is 22.1 Å². The molecule has 31 heavy (non-hydrogen) atoms. The number of hydrogen-bond donors (Lipinski definition) is 1. The van der Waals surface area contributed by atoms with Gasteiger partial charge in [-0.3, -0.25) is 0 Å². The summed E-state index contributed by atoms with van der Waals surface area (Å²) in [5, 5.41) is 13.1. The van der Waals surface area contributed by atoms with E-state index in [0.29, 0.717) is 41.4 Å². The van der Waals surface area contributed by atoms with Crippen molar-refractivity contribution in [2.24, 2.45) is 7.05 Å². The van der Waals surface area contributed by atoms with Crippen LogP contribution >= 0.6 is 0 Å². The first-order valence-electron chi connectivity index (χ1n) is 10.9. The van der Waals surface area contributed by atoms with Gasteiger partial charge in [0.15, 0.2) is 6.23 Å². The number of aromatic nitrogens is 4. The van der Waals surface area contributed by atoms with Gasteiger partial charge in [-0.05, 0) is 44.9 Å². The number of rotatable bonds is 8. The molecule has 1 unspecified atom stereocenters. The molecule has 0 amide bonds. The molecule has 1 aromatic carbocycles. The van der Waals surface area contributed by atoms with Crippen LogP contribution in [0.15, 0.2) is 24.9 Å². The summed E-state index contributed by atoms with van der Waals surface area (Å²) in [6.07, 6.45) is 6.04. The molecule has 0 saturated carbocycles. The Morgan fingerprint density at radius 3 is 2.94 bits per heavy atom. The molecule has 2 atom stereocenters. The maximum absolute atomic E-state index is 15.4. The minimum Gasteiger partial charge on any atom is -0.473 e. The van der Waals surface area contributed by atoms with Gasteiger partial charge in [0.1, 0.15) is 11.9 Å². The molecule has 1 fully saturated rings. The second kappa shape index (κ2) is 9.20. The lowest BCUT2D eigenvalue weighted by atomic mass is 10.0. The van der Waals surface area contributed by atoms with Crippen molar-refractivity contribution in [3.63, 3.8) is 0 Å². The fourth-order valence-corrected chi connectivity index (χ4v) is 4.01. The standard InChI is InChI=1S/C23H30FN5O2/c1-5-20-17-11-16(18-14-26-28(4)23(18)31-15(3)13-25-6-2)19(24)12-21(17)29(27-20)22-9-7-8-10-30-22/h5,11-12,14-15,22,25H,1,6-10,13H2,2-4H3/t15-,22?/m1/s1. The molecule has 0 aliphatic carbocycles. The number of halogens is 1. The minimum atomic E-state index is -0.350. The normalized spacial score (nSPS) is 17.7. The number of nitrogens with one attached hydrogen (secondary N) is 1. The van der Waals surface area contributed by atoms with E-state index < -0.39 is 0 Å². The van der Waals surface area contributed by atoms with Crippen LogP contribution in [0.5, 0.6) is 5.88 Å². The molecule has 1 aliphatic heterocycles. The largest absolute Gasteiger partial charge is 0.473 e. The predicted octanol–water partition coefficient (Wildman–Crippen LogP) is 4.29. The SMILES string of the molecule is C=Cc1nn(C2CCCCO2)c2cc(F)c(-c3cnn(C)c3O[C@H](C)CNCC)cc12. The van der Waals surface area contributed by atoms with Gasteiger partial charge < -0.3 is 14.8 Å². The Kier molecular flexibility index (Phi) is 6.38. The average molecular weight is 428 g/mol. The second-order valence-electron chi connectivity index (χ2n) is 7.93. The molecule has 0 radical (unpaired) electrons. The van der Waals surface area contributed by atoms with Gasteiger partial charge in [-0.1, -0.05) is 13.5 Å². The van der Waals surface area contributed by atoms with E-state index in [-0.39, 0.29) is 18.1 Å². The van der Waals surface area contributed by atoms with Crippen LogP contribution in [-0.2, 0) is 11.8 Å². The molecule has 1 aliphatic rings. The Hall–Kier alpha value is -2.71. The monoisotopic (exact) mass is 427 g/mol. The molecular formula is C23H30FN5O2. The Balaban J connectivity index is 1.76. The Labute approximate surface area is 181 Å². The van der Waals surface area contributed by atoms with Crippen molar-refractivity contribution < 1.29 is 13.9 Å². The van der Waals surface area contributed by atoms with Crippen molar-refractivity contribution in [2.75, 3.05) is 19.7 Å². The van der Waals surface area contributed by atoms with Crippen LogP contribution in [0, 0.1) is 5.82 Å². The van der Waals surface area contributed by atoms with Crippen molar-refractivity contribution in [3.8, 4) is 17.0 Å². The summed E-state index contributed by atoms with van der Waals surface area (Å²) in [6, 6.07) is 3.34. The molecule has 0 spiro atoms. The first-order valence-corrected chi connectivity index (χ1v) is 10.9. The second-order valence-corrected chi connectivity index (χ2v) is 7.93. The summed E-state index contributed by atoms with van der Waals surface area (Å²) >= 11 is 0. The predicted molar refractivity (Wildman–Crippen MR) is 119 cm³/mol. The van der Waals surface area contributed by atoms with E-state index in [9.17, 15) is 0 Å². The van der Waals surface area contributed by atoms with Gasteiger partial charge in [-0.15, -0.1) is 0 Å². The summed E-state index contributed by atoms with van der Waals surface area (Å²) in [5.41, 5.74) is 2.45. The summed E-state index contributed by atoms with van der Waals surface area (Å²) in [6.45, 7) is 10.2. The van der Waals surface area contributed by atoms with Crippen molar-refractivity contribution >= 4 is 17.0 Å². The Morgan fingerprint density at radius 2 is 2.23 bits per heavy atom. The van der Waals surface area contributed by atoms with Gasteiger partial charge in [-0.25, -0.2) is 13.8 Å². The zero-order valence-electron chi connectivity index (χ0n) is 18.4. The molecule has 1 N–H and O–H groups in total. The van der Waals surface area contributed by atoms with Gasteiger partial charge in [0, 0.05) is 37.2 Å². The maximum Gasteiger partial charge on any atom is 0.220 e. The summed E-state index contributed by atoms with van der Waals surface area (Å²) in [5.74, 6) is 0.184. The van der Waals surface area contributed by atoms with Crippen LogP contribution in [0.2, 0.25) is 0 Å². The molecule has 166 valence electrons. The number of fused-ring (bicyclic) bond motifs is 1. The third kappa shape index (κ3) is 4.22. The van der Waals surface area contributed by atoms with Gasteiger partial charge in [0.05, 0.1) is 23.0 Å². The van der Waals surface area contributed by atoms with E-state index in [4.69, 9.17) is 9.47 Å². The molecule has 1 saturated heterocycles. The van der Waals surface area contributed by atoms with E-state index >= 15 is 4.39 Å². The Morgan fingerprint density at radius 1 is 1.39 bits per heavy atom. The van der Waals surface area contributed by atoms with Crippen LogP contribution in [0.25, 0.3) is 28.1 Å². The van der Waals surface area contributed by atoms with Crippen LogP contribution in [-0.4, -0.2) is 45.4 Å². The average Bonchev–Trinajstić information content (AvgIpc) is 3.32. The molecule has 3 aromatic rings. The van der Waals surface area contributed by atoms with Crippen LogP contribution in [0.1, 0.15) is 45.0 Å². The molecule has 0 bridgehead atoms. The van der Waals surface area contributed by atoms with Gasteiger partial charge >= 0.3 is 0 Å². The smallest absolute Gasteiger partial charge is 0.220 e. The van der Waals surface area contributed by atoms with Crippen molar-refractivity contribution in [3.05, 3.63) is 36.4 Å². The lowest BCUT2D eigenvalue weighted by Gasteiger charge is -2.23. The number of hydrogen-bond acceptors (Lipinski definition) is 5. The molecule has 8 heteroatoms. The topological polar surface area (TPSA) is 66.1 Å². The van der Waals surface area contributed by atoms with Gasteiger partial charge in [-0.2, -0.15) is 10.2 Å². The molecular weight excluding hydrogens is 397 g/mol. The van der Waals surface area contributed by atoms with Crippen LogP contribution < -0.4 is 10.1 Å². The van der Waals surface area contributed by atoms with Crippen molar-refractivity contribution in [1.29, 1.82) is 0 Å². The van der Waals surface area contributed by atoms with E-state index in [0.717, 1.165) is 31.2 Å². The third-order valence-corrected chi connectivity index (χ3v) is 5.61. The highest BCUT2D eigenvalue weighted by atomic mass is 19.1. The molecule has 4 rings (SSSR count). The fourth-order valence-electron chi connectivity index (χ4n) is 4.01. The van der Waals surface area contributed by atoms with Crippen LogP contribution in [0.3, 0.4) is 0 Å². The number of aryl methyl sites for hydroxylation is 1. The quantitative estimate of drug-likeness (QED) is 0.581. The van der Waals surface area contributed by atoms with Gasteiger partial charge in [0.25, 0.3) is 0 Å². The van der Waals surface area contributed by atoms with Gasteiger partial charge in [0.2, 0.25) is 5.88 Å². The zero-order chi connectivity index (χ0) is 22.0. The Bertz CT molecular complexity index is 1070. The highest BCUT2D eigenvalue weighted by molar-refractivity contribution is 5.91. The van der Waals surface area contributed by atoms with Crippen LogP contribution in [0.4, 0.5) is 4.39 Å². The third-order valence-electron chi connectivity index (χ3n) is 5.61.